The summed E-state index contributed by atoms with van der Waals surface area (Å²) < 4.78 is 0. The minimum atomic E-state index is 0. The first-order chi connectivity index (χ1) is 9.51. The fourth-order valence-electron chi connectivity index (χ4n) is 2.80. The van der Waals surface area contributed by atoms with Crippen LogP contribution in [0.3, 0.4) is 0 Å². The first kappa shape index (κ1) is 18.0. The summed E-state index contributed by atoms with van der Waals surface area (Å²) in [6.07, 6.45) is 0.480. The third-order valence-electron chi connectivity index (χ3n) is 4.12. The third-order valence-corrected chi connectivity index (χ3v) is 4.12. The Kier molecular flexibility index (Phi) is 6.65. The van der Waals surface area contributed by atoms with Gasteiger partial charge in [-0.15, -0.1) is 12.4 Å². The van der Waals surface area contributed by atoms with Crippen LogP contribution in [0.15, 0.2) is 18.2 Å². The molecule has 0 aliphatic carbocycles. The van der Waals surface area contributed by atoms with Crippen LogP contribution in [0.2, 0.25) is 0 Å². The third kappa shape index (κ3) is 4.43. The Morgan fingerprint density at radius 2 is 2.05 bits per heavy atom. The van der Waals surface area contributed by atoms with Crippen molar-refractivity contribution in [3.63, 3.8) is 0 Å². The van der Waals surface area contributed by atoms with Crippen LogP contribution in [0.1, 0.15) is 16.7 Å². The minimum absolute atomic E-state index is 0. The number of carbonyl (C=O) groups excluding carboxylic acids is 1. The van der Waals surface area contributed by atoms with E-state index in [1.165, 1.54) is 11.1 Å². The maximum absolute atomic E-state index is 12.6. The molecule has 2 N–H and O–H groups in total. The molecule has 1 aromatic carbocycles. The molecule has 0 radical (unpaired) electrons. The summed E-state index contributed by atoms with van der Waals surface area (Å²) in [7, 11) is 2.08. The van der Waals surface area contributed by atoms with Crippen LogP contribution >= 0.6 is 12.4 Å². The Hall–Kier alpha value is -1.10. The average Bonchev–Trinajstić information content (AvgIpc) is 2.42. The topological polar surface area (TPSA) is 49.6 Å². The maximum atomic E-state index is 12.6. The normalized spacial score (nSPS) is 19.2. The molecule has 1 unspecified atom stereocenters. The highest BCUT2D eigenvalue weighted by atomic mass is 35.5. The number of nitrogens with two attached hydrogens (primary N) is 1. The second-order valence-electron chi connectivity index (χ2n) is 5.85. The van der Waals surface area contributed by atoms with Gasteiger partial charge in [-0.3, -0.25) is 4.79 Å². The van der Waals surface area contributed by atoms with E-state index >= 15 is 0 Å². The number of hydrogen-bond donors (Lipinski definition) is 1. The van der Waals surface area contributed by atoms with Gasteiger partial charge >= 0.3 is 0 Å². The molecule has 0 spiro atoms. The Morgan fingerprint density at radius 1 is 1.33 bits per heavy atom. The van der Waals surface area contributed by atoms with E-state index in [2.05, 4.69) is 44.0 Å². The monoisotopic (exact) mass is 311 g/mol. The number of hydrogen-bond acceptors (Lipinski definition) is 3. The number of halogens is 1. The van der Waals surface area contributed by atoms with Gasteiger partial charge in [-0.05, 0) is 32.0 Å². The molecule has 1 saturated heterocycles. The molecule has 118 valence electrons. The van der Waals surface area contributed by atoms with Gasteiger partial charge in [0.2, 0.25) is 5.91 Å². The first-order valence-corrected chi connectivity index (χ1v) is 7.25. The quantitative estimate of drug-likeness (QED) is 0.917. The highest BCUT2D eigenvalue weighted by molar-refractivity contribution is 5.85. The lowest BCUT2D eigenvalue weighted by Crippen LogP contribution is -2.57. The summed E-state index contributed by atoms with van der Waals surface area (Å²) in [4.78, 5) is 16.8. The van der Waals surface area contributed by atoms with Crippen molar-refractivity contribution in [1.82, 2.24) is 9.80 Å². The zero-order valence-corrected chi connectivity index (χ0v) is 13.9. The van der Waals surface area contributed by atoms with E-state index in [4.69, 9.17) is 5.73 Å². The van der Waals surface area contributed by atoms with Gasteiger partial charge in [0.15, 0.2) is 0 Å². The van der Waals surface area contributed by atoms with Crippen LogP contribution in [0.25, 0.3) is 0 Å². The van der Waals surface area contributed by atoms with E-state index < -0.39 is 0 Å². The van der Waals surface area contributed by atoms with Gasteiger partial charge in [-0.2, -0.15) is 0 Å². The summed E-state index contributed by atoms with van der Waals surface area (Å²) in [5, 5.41) is 0. The molecule has 0 bridgehead atoms. The molecular weight excluding hydrogens is 286 g/mol. The SMILES string of the molecule is Cc1ccc(C)c(CC(=O)N2CCN(C)CC2CN)c1.Cl. The summed E-state index contributed by atoms with van der Waals surface area (Å²) in [6, 6.07) is 6.43. The Labute approximate surface area is 133 Å². The fraction of sp³-hybridized carbons (Fsp3) is 0.562. The molecule has 1 amide bonds. The number of nitrogens with zero attached hydrogens (tertiary/aromatic N) is 2. The van der Waals surface area contributed by atoms with Crippen molar-refractivity contribution in [2.24, 2.45) is 5.73 Å². The Morgan fingerprint density at radius 3 is 2.71 bits per heavy atom. The molecule has 1 heterocycles. The number of likely N-dealkylation sites (N-methyl/N-ethyl adjacent to an activating group) is 1. The van der Waals surface area contributed by atoms with Crippen molar-refractivity contribution in [3.05, 3.63) is 34.9 Å². The van der Waals surface area contributed by atoms with Crippen molar-refractivity contribution < 1.29 is 4.79 Å². The smallest absolute Gasteiger partial charge is 0.227 e. The summed E-state index contributed by atoms with van der Waals surface area (Å²) in [5.74, 6) is 0.197. The van der Waals surface area contributed by atoms with E-state index in [9.17, 15) is 4.79 Å². The van der Waals surface area contributed by atoms with Gasteiger partial charge in [0.05, 0.1) is 12.5 Å². The molecule has 1 fully saturated rings. The Bertz CT molecular complexity index is 492. The van der Waals surface area contributed by atoms with E-state index in [0.717, 1.165) is 25.2 Å². The van der Waals surface area contributed by atoms with Gasteiger partial charge < -0.3 is 15.5 Å². The van der Waals surface area contributed by atoms with Crippen LogP contribution < -0.4 is 5.73 Å². The van der Waals surface area contributed by atoms with Crippen LogP contribution in [-0.4, -0.2) is 55.0 Å². The van der Waals surface area contributed by atoms with E-state index in [-0.39, 0.29) is 24.4 Å². The number of aryl methyl sites for hydroxylation is 2. The van der Waals surface area contributed by atoms with Gasteiger partial charge in [0, 0.05) is 26.2 Å². The van der Waals surface area contributed by atoms with Crippen molar-refractivity contribution in [2.75, 3.05) is 33.2 Å². The largest absolute Gasteiger partial charge is 0.336 e. The first-order valence-electron chi connectivity index (χ1n) is 7.25. The van der Waals surface area contributed by atoms with Crippen LogP contribution in [-0.2, 0) is 11.2 Å². The van der Waals surface area contributed by atoms with Gasteiger partial charge in [-0.1, -0.05) is 23.8 Å². The standard InChI is InChI=1S/C16H25N3O.ClH/c1-12-4-5-13(2)14(8-12)9-16(20)19-7-6-18(3)11-15(19)10-17;/h4-5,8,15H,6-7,9-11,17H2,1-3H3;1H. The minimum Gasteiger partial charge on any atom is -0.336 e. The highest BCUT2D eigenvalue weighted by Gasteiger charge is 2.27. The van der Waals surface area contributed by atoms with E-state index in [1.54, 1.807) is 0 Å². The van der Waals surface area contributed by atoms with Crippen LogP contribution in [0.4, 0.5) is 0 Å². The predicted molar refractivity (Wildman–Crippen MR) is 88.9 cm³/mol. The molecule has 4 nitrogen and oxygen atoms in total. The molecule has 1 aromatic rings. The molecule has 5 heteroatoms. The highest BCUT2D eigenvalue weighted by Crippen LogP contribution is 2.15. The summed E-state index contributed by atoms with van der Waals surface area (Å²) in [5.41, 5.74) is 9.33. The van der Waals surface area contributed by atoms with Crippen LogP contribution in [0, 0.1) is 13.8 Å². The fourth-order valence-corrected chi connectivity index (χ4v) is 2.80. The number of carbonyl (C=O) groups is 1. The van der Waals surface area contributed by atoms with Gasteiger partial charge in [0.1, 0.15) is 0 Å². The molecule has 0 saturated carbocycles. The van der Waals surface area contributed by atoms with Crippen LogP contribution in [0.5, 0.6) is 0 Å². The van der Waals surface area contributed by atoms with Crippen molar-refractivity contribution >= 4 is 18.3 Å². The molecular formula is C16H26ClN3O. The lowest BCUT2D eigenvalue weighted by molar-refractivity contribution is -0.134. The molecule has 0 aromatic heterocycles. The second kappa shape index (κ2) is 7.78. The molecule has 1 aliphatic rings. The zero-order valence-electron chi connectivity index (χ0n) is 13.1. The van der Waals surface area contributed by atoms with E-state index in [1.807, 2.05) is 4.90 Å². The number of amides is 1. The van der Waals surface area contributed by atoms with Gasteiger partial charge in [0.25, 0.3) is 0 Å². The molecule has 1 atom stereocenters. The maximum Gasteiger partial charge on any atom is 0.227 e. The molecule has 1 aliphatic heterocycles. The average molecular weight is 312 g/mol. The summed E-state index contributed by atoms with van der Waals surface area (Å²) in [6.45, 7) is 7.23. The molecule has 2 rings (SSSR count). The van der Waals surface area contributed by atoms with E-state index in [0.29, 0.717) is 13.0 Å². The Balaban J connectivity index is 0.00000220. The van der Waals surface area contributed by atoms with Crippen molar-refractivity contribution in [2.45, 2.75) is 26.3 Å². The lowest BCUT2D eigenvalue weighted by atomic mass is 10.0. The van der Waals surface area contributed by atoms with Gasteiger partial charge in [-0.25, -0.2) is 0 Å². The lowest BCUT2D eigenvalue weighted by Gasteiger charge is -2.39. The molecule has 21 heavy (non-hydrogen) atoms. The zero-order chi connectivity index (χ0) is 14.7. The summed E-state index contributed by atoms with van der Waals surface area (Å²) >= 11 is 0. The second-order valence-corrected chi connectivity index (χ2v) is 5.85. The number of piperazine rings is 1. The number of rotatable bonds is 3. The van der Waals surface area contributed by atoms with Crippen molar-refractivity contribution in [3.8, 4) is 0 Å². The van der Waals surface area contributed by atoms with Crippen molar-refractivity contribution in [1.29, 1.82) is 0 Å². The number of benzene rings is 1. The predicted octanol–water partition coefficient (Wildman–Crippen LogP) is 1.37.